The molecule has 0 saturated carbocycles. The van der Waals surface area contributed by atoms with Crippen molar-refractivity contribution in [3.05, 3.63) is 65.7 Å². The summed E-state index contributed by atoms with van der Waals surface area (Å²) >= 11 is 0. The molecule has 7 heteroatoms. The average molecular weight is 458 g/mol. The second-order valence-corrected chi connectivity index (χ2v) is 10.1. The number of hydrogen-bond acceptors (Lipinski definition) is 4. The van der Waals surface area contributed by atoms with Crippen molar-refractivity contribution in [2.45, 2.75) is 50.5 Å². The van der Waals surface area contributed by atoms with Gasteiger partial charge in [0.1, 0.15) is 0 Å². The lowest BCUT2D eigenvalue weighted by Gasteiger charge is -2.28. The van der Waals surface area contributed by atoms with Gasteiger partial charge in [-0.05, 0) is 55.6 Å². The van der Waals surface area contributed by atoms with Crippen LogP contribution in [0.1, 0.15) is 50.3 Å². The van der Waals surface area contributed by atoms with E-state index in [1.165, 1.54) is 22.7 Å². The number of aryl methyl sites for hydroxylation is 1. The minimum atomic E-state index is -3.45. The van der Waals surface area contributed by atoms with Gasteiger partial charge in [0.05, 0.1) is 10.9 Å². The normalized spacial score (nSPS) is 15.7. The molecule has 174 valence electrons. The van der Waals surface area contributed by atoms with Crippen molar-refractivity contribution in [3.8, 4) is 0 Å². The molecule has 1 atom stereocenters. The van der Waals surface area contributed by atoms with E-state index in [1.54, 1.807) is 24.3 Å². The van der Waals surface area contributed by atoms with Crippen molar-refractivity contribution in [1.82, 2.24) is 14.5 Å². The summed E-state index contributed by atoms with van der Waals surface area (Å²) in [6.07, 6.45) is 3.37. The standard InChI is InChI=1S/C25H35N3O3S/c1-3-28(4-2)32(30,31)23-15-12-21(13-16-23)14-17-25(29)26-20-24(27-18-8-9-19-27)22-10-6-5-7-11-22/h5-7,10-13,15-16,24H,3-4,8-9,14,17-20H2,1-2H3,(H,26,29). The van der Waals surface area contributed by atoms with Crippen LogP contribution in [-0.4, -0.2) is 56.3 Å². The number of sulfonamides is 1. The van der Waals surface area contributed by atoms with Crippen LogP contribution in [0.2, 0.25) is 0 Å². The molecule has 1 heterocycles. The predicted octanol–water partition coefficient (Wildman–Crippen LogP) is 3.60. The van der Waals surface area contributed by atoms with Crippen LogP contribution in [0, 0.1) is 0 Å². The monoisotopic (exact) mass is 457 g/mol. The molecule has 1 N–H and O–H groups in total. The quantitative estimate of drug-likeness (QED) is 0.560. The Labute approximate surface area is 192 Å². The van der Waals surface area contributed by atoms with Crippen molar-refractivity contribution < 1.29 is 13.2 Å². The van der Waals surface area contributed by atoms with E-state index in [9.17, 15) is 13.2 Å². The van der Waals surface area contributed by atoms with Crippen molar-refractivity contribution >= 4 is 15.9 Å². The molecule has 1 unspecified atom stereocenters. The first kappa shape index (κ1) is 24.4. The van der Waals surface area contributed by atoms with Crippen molar-refractivity contribution in [3.63, 3.8) is 0 Å². The van der Waals surface area contributed by atoms with Gasteiger partial charge in [-0.25, -0.2) is 8.42 Å². The summed E-state index contributed by atoms with van der Waals surface area (Å²) in [7, 11) is -3.45. The fraction of sp³-hybridized carbons (Fsp3) is 0.480. The summed E-state index contributed by atoms with van der Waals surface area (Å²) in [6.45, 7) is 7.30. The Morgan fingerprint density at radius 2 is 1.62 bits per heavy atom. The molecule has 1 aliphatic heterocycles. The first-order valence-corrected chi connectivity index (χ1v) is 13.0. The number of hydrogen-bond donors (Lipinski definition) is 1. The number of likely N-dealkylation sites (tertiary alicyclic amines) is 1. The lowest BCUT2D eigenvalue weighted by atomic mass is 10.1. The highest BCUT2D eigenvalue weighted by molar-refractivity contribution is 7.89. The van der Waals surface area contributed by atoms with Crippen LogP contribution < -0.4 is 5.32 Å². The van der Waals surface area contributed by atoms with Crippen molar-refractivity contribution in [2.24, 2.45) is 0 Å². The highest BCUT2D eigenvalue weighted by Crippen LogP contribution is 2.24. The summed E-state index contributed by atoms with van der Waals surface area (Å²) in [5.41, 5.74) is 2.19. The van der Waals surface area contributed by atoms with Crippen molar-refractivity contribution in [1.29, 1.82) is 0 Å². The highest BCUT2D eigenvalue weighted by atomic mass is 32.2. The summed E-state index contributed by atoms with van der Waals surface area (Å²) < 4.78 is 26.7. The van der Waals surface area contributed by atoms with Gasteiger partial charge in [-0.1, -0.05) is 56.3 Å². The predicted molar refractivity (Wildman–Crippen MR) is 128 cm³/mol. The molecule has 6 nitrogen and oxygen atoms in total. The molecule has 0 aromatic heterocycles. The zero-order valence-electron chi connectivity index (χ0n) is 19.2. The average Bonchev–Trinajstić information content (AvgIpc) is 3.34. The van der Waals surface area contributed by atoms with E-state index in [2.05, 4.69) is 22.3 Å². The Bertz CT molecular complexity index is 952. The molecule has 1 saturated heterocycles. The van der Waals surface area contributed by atoms with Crippen LogP contribution in [0.4, 0.5) is 0 Å². The van der Waals surface area contributed by atoms with Gasteiger partial charge in [-0.2, -0.15) is 4.31 Å². The minimum absolute atomic E-state index is 0.0185. The van der Waals surface area contributed by atoms with E-state index >= 15 is 0 Å². The topological polar surface area (TPSA) is 69.7 Å². The molecule has 1 amide bonds. The zero-order chi connectivity index (χ0) is 23.0. The molecular weight excluding hydrogens is 422 g/mol. The van der Waals surface area contributed by atoms with Gasteiger partial charge < -0.3 is 5.32 Å². The number of amides is 1. The highest BCUT2D eigenvalue weighted by Gasteiger charge is 2.24. The molecule has 3 rings (SSSR count). The molecule has 0 radical (unpaired) electrons. The fourth-order valence-electron chi connectivity index (χ4n) is 4.28. The third-order valence-electron chi connectivity index (χ3n) is 6.17. The van der Waals surface area contributed by atoms with Crippen LogP contribution in [-0.2, 0) is 21.2 Å². The molecule has 2 aromatic rings. The maximum atomic E-state index is 12.6. The van der Waals surface area contributed by atoms with Gasteiger partial charge in [0.25, 0.3) is 0 Å². The van der Waals surface area contributed by atoms with Gasteiger partial charge in [-0.15, -0.1) is 0 Å². The summed E-state index contributed by atoms with van der Waals surface area (Å²) in [5, 5.41) is 3.11. The van der Waals surface area contributed by atoms with Gasteiger partial charge >= 0.3 is 0 Å². The van der Waals surface area contributed by atoms with Crippen LogP contribution in [0.5, 0.6) is 0 Å². The van der Waals surface area contributed by atoms with Crippen LogP contribution >= 0.6 is 0 Å². The molecule has 1 fully saturated rings. The molecule has 1 aliphatic rings. The molecule has 0 bridgehead atoms. The minimum Gasteiger partial charge on any atom is -0.354 e. The van der Waals surface area contributed by atoms with E-state index in [0.29, 0.717) is 37.4 Å². The number of carbonyl (C=O) groups excluding carboxylic acids is 1. The van der Waals surface area contributed by atoms with Gasteiger partial charge in [0.2, 0.25) is 15.9 Å². The lowest BCUT2D eigenvalue weighted by molar-refractivity contribution is -0.121. The number of nitrogens with one attached hydrogen (secondary N) is 1. The van der Waals surface area contributed by atoms with Gasteiger partial charge in [0.15, 0.2) is 0 Å². The molecule has 32 heavy (non-hydrogen) atoms. The zero-order valence-corrected chi connectivity index (χ0v) is 20.0. The maximum absolute atomic E-state index is 12.6. The third-order valence-corrected chi connectivity index (χ3v) is 8.23. The van der Waals surface area contributed by atoms with Crippen molar-refractivity contribution in [2.75, 3.05) is 32.7 Å². The molecule has 2 aromatic carbocycles. The molecule has 0 spiro atoms. The lowest BCUT2D eigenvalue weighted by Crippen LogP contribution is -2.36. The Hall–Kier alpha value is -2.22. The van der Waals surface area contributed by atoms with E-state index in [-0.39, 0.29) is 11.9 Å². The smallest absolute Gasteiger partial charge is 0.243 e. The number of benzene rings is 2. The van der Waals surface area contributed by atoms with E-state index in [4.69, 9.17) is 0 Å². The van der Waals surface area contributed by atoms with E-state index in [0.717, 1.165) is 18.7 Å². The fourth-order valence-corrected chi connectivity index (χ4v) is 5.74. The largest absolute Gasteiger partial charge is 0.354 e. The summed E-state index contributed by atoms with van der Waals surface area (Å²) in [4.78, 5) is 15.3. The van der Waals surface area contributed by atoms with E-state index in [1.807, 2.05) is 32.0 Å². The second kappa shape index (κ2) is 11.6. The summed E-state index contributed by atoms with van der Waals surface area (Å²) in [5.74, 6) is 0.0185. The molecular formula is C25H35N3O3S. The van der Waals surface area contributed by atoms with Gasteiger partial charge in [-0.3, -0.25) is 9.69 Å². The Balaban J connectivity index is 1.54. The summed E-state index contributed by atoms with van der Waals surface area (Å²) in [6, 6.07) is 17.5. The Morgan fingerprint density at radius 3 is 2.22 bits per heavy atom. The first-order chi connectivity index (χ1) is 15.5. The SMILES string of the molecule is CCN(CC)S(=O)(=O)c1ccc(CCC(=O)NCC(c2ccccc2)N2CCCC2)cc1. The number of rotatable bonds is 11. The second-order valence-electron chi connectivity index (χ2n) is 8.21. The van der Waals surface area contributed by atoms with Crippen LogP contribution in [0.25, 0.3) is 0 Å². The maximum Gasteiger partial charge on any atom is 0.243 e. The van der Waals surface area contributed by atoms with Crippen LogP contribution in [0.15, 0.2) is 59.5 Å². The number of nitrogens with zero attached hydrogens (tertiary/aromatic N) is 2. The number of carbonyl (C=O) groups is 1. The molecule has 0 aliphatic carbocycles. The van der Waals surface area contributed by atoms with E-state index < -0.39 is 10.0 Å². The Morgan fingerprint density at radius 1 is 1.00 bits per heavy atom. The first-order valence-electron chi connectivity index (χ1n) is 11.6. The van der Waals surface area contributed by atoms with Gasteiger partial charge in [0, 0.05) is 26.1 Å². The van der Waals surface area contributed by atoms with Crippen LogP contribution in [0.3, 0.4) is 0 Å². The Kier molecular flexibility index (Phi) is 8.84. The third kappa shape index (κ3) is 6.18.